The summed E-state index contributed by atoms with van der Waals surface area (Å²) in [5.41, 5.74) is 3.93. The first-order chi connectivity index (χ1) is 11.5. The lowest BCUT2D eigenvalue weighted by Gasteiger charge is -2.22. The minimum absolute atomic E-state index is 0.0903. The third-order valence-corrected chi connectivity index (χ3v) is 5.03. The van der Waals surface area contributed by atoms with E-state index < -0.39 is 0 Å². The van der Waals surface area contributed by atoms with Crippen LogP contribution < -0.4 is 10.2 Å². The average molecular weight is 364 g/mol. The van der Waals surface area contributed by atoms with Crippen LogP contribution in [0.1, 0.15) is 25.8 Å². The van der Waals surface area contributed by atoms with Crippen molar-refractivity contribution in [3.05, 3.63) is 29.1 Å². The van der Waals surface area contributed by atoms with Gasteiger partial charge in [-0.25, -0.2) is 4.98 Å². The molecule has 1 unspecified atom stereocenters. The highest BCUT2D eigenvalue weighted by atomic mass is 35.5. The van der Waals surface area contributed by atoms with Gasteiger partial charge in [0.15, 0.2) is 5.13 Å². The lowest BCUT2D eigenvalue weighted by Crippen LogP contribution is -2.35. The van der Waals surface area contributed by atoms with E-state index in [1.165, 1.54) is 11.3 Å². The molecule has 0 saturated heterocycles. The molecule has 1 atom stereocenters. The summed E-state index contributed by atoms with van der Waals surface area (Å²) in [6, 6.07) is 6.21. The molecule has 2 heterocycles. The van der Waals surface area contributed by atoms with Crippen LogP contribution in [0.25, 0.3) is 11.3 Å². The smallest absolute Gasteiger partial charge is 0.241 e. The average Bonchev–Trinajstić information content (AvgIpc) is 3.16. The van der Waals surface area contributed by atoms with E-state index >= 15 is 0 Å². The molecule has 1 N–H and O–H groups in total. The highest BCUT2D eigenvalue weighted by molar-refractivity contribution is 7.14. The molecule has 1 aliphatic heterocycles. The Balaban J connectivity index is 1.86. The van der Waals surface area contributed by atoms with Crippen LogP contribution in [-0.4, -0.2) is 28.7 Å². The van der Waals surface area contributed by atoms with E-state index in [1.807, 2.05) is 29.3 Å². The van der Waals surface area contributed by atoms with E-state index in [2.05, 4.69) is 23.3 Å². The molecular formula is C17H18ClN3O2S. The molecule has 2 amide bonds. The highest BCUT2D eigenvalue weighted by Gasteiger charge is 2.30. The zero-order valence-electron chi connectivity index (χ0n) is 13.5. The Kier molecular flexibility index (Phi) is 4.87. The van der Waals surface area contributed by atoms with Crippen molar-refractivity contribution in [2.45, 2.75) is 32.7 Å². The first kappa shape index (κ1) is 16.9. The summed E-state index contributed by atoms with van der Waals surface area (Å²) in [7, 11) is 0. The standard InChI is InChI=1S/C17H18ClN3O2S/c1-3-16(23)21-10(2)6-12-7-11(4-5-14(12)21)13-9-24-17(19-13)20-15(22)8-18/h4-5,7,9-10H,3,6,8H2,1-2H3,(H,19,20,22). The molecule has 0 aliphatic carbocycles. The van der Waals surface area contributed by atoms with E-state index in [1.54, 1.807) is 0 Å². The molecular weight excluding hydrogens is 346 g/mol. The summed E-state index contributed by atoms with van der Waals surface area (Å²) >= 11 is 6.85. The summed E-state index contributed by atoms with van der Waals surface area (Å²) in [5.74, 6) is -0.213. The number of fused-ring (bicyclic) bond motifs is 1. The summed E-state index contributed by atoms with van der Waals surface area (Å²) in [6.45, 7) is 3.95. The maximum atomic E-state index is 12.1. The molecule has 24 heavy (non-hydrogen) atoms. The number of hydrogen-bond acceptors (Lipinski definition) is 4. The molecule has 0 bridgehead atoms. The number of alkyl halides is 1. The molecule has 2 aromatic rings. The SMILES string of the molecule is CCC(=O)N1c2ccc(-c3csc(NC(=O)CCl)n3)cc2CC1C. The monoisotopic (exact) mass is 363 g/mol. The number of carbonyl (C=O) groups excluding carboxylic acids is 2. The molecule has 1 aromatic carbocycles. The van der Waals surface area contributed by atoms with Crippen molar-refractivity contribution in [1.82, 2.24) is 4.98 Å². The van der Waals surface area contributed by atoms with Gasteiger partial charge in [-0.3, -0.25) is 9.59 Å². The van der Waals surface area contributed by atoms with E-state index in [-0.39, 0.29) is 23.7 Å². The second-order valence-corrected chi connectivity index (χ2v) is 6.86. The molecule has 5 nitrogen and oxygen atoms in total. The molecule has 0 radical (unpaired) electrons. The molecule has 0 saturated carbocycles. The quantitative estimate of drug-likeness (QED) is 0.843. The van der Waals surface area contributed by atoms with E-state index in [0.29, 0.717) is 11.6 Å². The van der Waals surface area contributed by atoms with Crippen molar-refractivity contribution in [1.29, 1.82) is 0 Å². The van der Waals surface area contributed by atoms with Gasteiger partial charge in [-0.1, -0.05) is 13.0 Å². The number of anilines is 2. The lowest BCUT2D eigenvalue weighted by molar-refractivity contribution is -0.118. The van der Waals surface area contributed by atoms with Gasteiger partial charge >= 0.3 is 0 Å². The van der Waals surface area contributed by atoms with Gasteiger partial charge < -0.3 is 10.2 Å². The first-order valence-electron chi connectivity index (χ1n) is 7.80. The van der Waals surface area contributed by atoms with Gasteiger partial charge in [0.25, 0.3) is 0 Å². The van der Waals surface area contributed by atoms with E-state index in [9.17, 15) is 9.59 Å². The molecule has 7 heteroatoms. The number of carbonyl (C=O) groups is 2. The van der Waals surface area contributed by atoms with Gasteiger partial charge in [0, 0.05) is 29.1 Å². The Morgan fingerprint density at radius 3 is 2.96 bits per heavy atom. The van der Waals surface area contributed by atoms with Gasteiger partial charge in [0.2, 0.25) is 11.8 Å². The molecule has 1 aliphatic rings. The summed E-state index contributed by atoms with van der Waals surface area (Å²) in [5, 5.41) is 5.09. The highest BCUT2D eigenvalue weighted by Crippen LogP contribution is 2.36. The second-order valence-electron chi connectivity index (χ2n) is 5.73. The number of thiazole rings is 1. The van der Waals surface area contributed by atoms with Crippen LogP contribution in [0.2, 0.25) is 0 Å². The Labute approximate surface area is 149 Å². The van der Waals surface area contributed by atoms with E-state index in [4.69, 9.17) is 11.6 Å². The van der Waals surface area contributed by atoms with Crippen LogP contribution in [-0.2, 0) is 16.0 Å². The van der Waals surface area contributed by atoms with Crippen molar-refractivity contribution < 1.29 is 9.59 Å². The number of nitrogens with zero attached hydrogens (tertiary/aromatic N) is 2. The minimum Gasteiger partial charge on any atom is -0.309 e. The molecule has 126 valence electrons. The number of benzene rings is 1. The molecule has 3 rings (SSSR count). The fraction of sp³-hybridized carbons (Fsp3) is 0.353. The Morgan fingerprint density at radius 1 is 1.46 bits per heavy atom. The predicted molar refractivity (Wildman–Crippen MR) is 97.8 cm³/mol. The third kappa shape index (κ3) is 3.16. The van der Waals surface area contributed by atoms with Crippen LogP contribution in [0.4, 0.5) is 10.8 Å². The summed E-state index contributed by atoms with van der Waals surface area (Å²) in [6.07, 6.45) is 1.34. The summed E-state index contributed by atoms with van der Waals surface area (Å²) in [4.78, 5) is 29.8. The normalized spacial score (nSPS) is 16.1. The molecule has 1 aromatic heterocycles. The maximum absolute atomic E-state index is 12.1. The van der Waals surface area contributed by atoms with Crippen molar-refractivity contribution in [2.75, 3.05) is 16.1 Å². The zero-order valence-corrected chi connectivity index (χ0v) is 15.1. The van der Waals surface area contributed by atoms with Crippen molar-refractivity contribution in [3.8, 4) is 11.3 Å². The summed E-state index contributed by atoms with van der Waals surface area (Å²) < 4.78 is 0. The third-order valence-electron chi connectivity index (χ3n) is 4.03. The van der Waals surface area contributed by atoms with Gasteiger partial charge in [-0.2, -0.15) is 0 Å². The van der Waals surface area contributed by atoms with Crippen LogP contribution in [0, 0.1) is 0 Å². The van der Waals surface area contributed by atoms with Gasteiger partial charge in [0.05, 0.1) is 5.69 Å². The predicted octanol–water partition coefficient (Wildman–Crippen LogP) is 3.68. The van der Waals surface area contributed by atoms with Crippen LogP contribution in [0.5, 0.6) is 0 Å². The fourth-order valence-corrected chi connectivity index (χ4v) is 3.76. The Hall–Kier alpha value is -1.92. The lowest BCUT2D eigenvalue weighted by atomic mass is 10.1. The number of halogens is 1. The topological polar surface area (TPSA) is 62.3 Å². The van der Waals surface area contributed by atoms with Crippen molar-refractivity contribution in [2.24, 2.45) is 0 Å². The maximum Gasteiger partial charge on any atom is 0.241 e. The Bertz CT molecular complexity index is 790. The first-order valence-corrected chi connectivity index (χ1v) is 9.21. The number of aromatic nitrogens is 1. The van der Waals surface area contributed by atoms with Gasteiger partial charge in [-0.05, 0) is 31.0 Å². The van der Waals surface area contributed by atoms with Crippen molar-refractivity contribution >= 4 is 45.6 Å². The molecule has 0 spiro atoms. The minimum atomic E-state index is -0.269. The number of rotatable bonds is 4. The number of amides is 2. The zero-order chi connectivity index (χ0) is 17.3. The van der Waals surface area contributed by atoms with Gasteiger partial charge in [-0.15, -0.1) is 22.9 Å². The largest absolute Gasteiger partial charge is 0.309 e. The van der Waals surface area contributed by atoms with Crippen LogP contribution in [0.3, 0.4) is 0 Å². The van der Waals surface area contributed by atoms with Crippen LogP contribution in [0.15, 0.2) is 23.6 Å². The number of hydrogen-bond donors (Lipinski definition) is 1. The van der Waals surface area contributed by atoms with Crippen LogP contribution >= 0.6 is 22.9 Å². The fourth-order valence-electron chi connectivity index (χ4n) is 2.96. The number of nitrogens with one attached hydrogen (secondary N) is 1. The van der Waals surface area contributed by atoms with E-state index in [0.717, 1.165) is 28.9 Å². The van der Waals surface area contributed by atoms with Crippen molar-refractivity contribution in [3.63, 3.8) is 0 Å². The Morgan fingerprint density at radius 2 is 2.25 bits per heavy atom. The molecule has 0 fully saturated rings. The van der Waals surface area contributed by atoms with Gasteiger partial charge in [0.1, 0.15) is 5.88 Å². The second kappa shape index (κ2) is 6.91.